The van der Waals surface area contributed by atoms with E-state index in [9.17, 15) is 5.41 Å². The Morgan fingerprint density at radius 1 is 0.462 bits per heavy atom. The molecule has 304 valence electrons. The maximum absolute atomic E-state index is 9.39. The summed E-state index contributed by atoms with van der Waals surface area (Å²) in [6.07, 6.45) is 1.91. The number of benzene rings is 10. The summed E-state index contributed by atoms with van der Waals surface area (Å²) in [5, 5.41) is 20.6. The average Bonchev–Trinajstić information content (AvgIpc) is 4.03. The van der Waals surface area contributed by atoms with Crippen molar-refractivity contribution in [2.75, 3.05) is 0 Å². The zero-order valence-electron chi connectivity index (χ0n) is 35.0. The van der Waals surface area contributed by atoms with Gasteiger partial charge in [0, 0.05) is 55.3 Å². The normalized spacial score (nSPS) is 12.4. The van der Waals surface area contributed by atoms with Crippen molar-refractivity contribution in [1.29, 1.82) is 5.41 Å². The van der Waals surface area contributed by atoms with E-state index >= 15 is 0 Å². The van der Waals surface area contributed by atoms with E-state index in [-0.39, 0.29) is 5.84 Å². The predicted molar refractivity (Wildman–Crippen MR) is 271 cm³/mol. The molecule has 0 radical (unpaired) electrons. The Bertz CT molecular complexity index is 4130. The molecule has 3 heterocycles. The van der Waals surface area contributed by atoms with Crippen molar-refractivity contribution < 1.29 is 4.42 Å². The molecule has 13 aromatic rings. The molecule has 0 bridgehead atoms. The summed E-state index contributed by atoms with van der Waals surface area (Å²) in [6, 6.07) is 73.7. The first kappa shape index (κ1) is 36.8. The molecule has 3 aromatic heterocycles. The molecule has 0 amide bonds. The average molecular weight is 832 g/mol. The van der Waals surface area contributed by atoms with Crippen molar-refractivity contribution in [3.8, 4) is 11.4 Å². The number of aromatic nitrogens is 2. The van der Waals surface area contributed by atoms with Gasteiger partial charge in [0.2, 0.25) is 0 Å². The fourth-order valence-electron chi connectivity index (χ4n) is 9.96. The molecule has 0 fully saturated rings. The highest BCUT2D eigenvalue weighted by atomic mass is 16.3. The van der Waals surface area contributed by atoms with E-state index < -0.39 is 0 Å². The molecule has 0 aliphatic heterocycles. The van der Waals surface area contributed by atoms with Gasteiger partial charge in [-0.1, -0.05) is 152 Å². The van der Waals surface area contributed by atoms with Crippen molar-refractivity contribution in [3.63, 3.8) is 0 Å². The molecule has 0 atom stereocenters. The summed E-state index contributed by atoms with van der Waals surface area (Å²) in [7, 11) is 0. The van der Waals surface area contributed by atoms with Crippen LogP contribution in [-0.4, -0.2) is 27.0 Å². The number of nitrogens with one attached hydrogen (secondary N) is 1. The summed E-state index contributed by atoms with van der Waals surface area (Å²) >= 11 is 0. The second kappa shape index (κ2) is 14.6. The largest absolute Gasteiger partial charge is 0.455 e. The minimum Gasteiger partial charge on any atom is -0.455 e. The number of hydrogen-bond acceptors (Lipinski definition) is 2. The maximum atomic E-state index is 9.39. The molecule has 0 aliphatic carbocycles. The van der Waals surface area contributed by atoms with Crippen molar-refractivity contribution in [1.82, 2.24) is 9.13 Å². The second-order valence-electron chi connectivity index (χ2n) is 16.5. The highest BCUT2D eigenvalue weighted by molar-refractivity contribution is 6.26. The Labute approximate surface area is 372 Å². The first-order valence-corrected chi connectivity index (χ1v) is 21.8. The molecule has 1 N–H and O–H groups in total. The number of aliphatic imine (C=N–C) groups is 2. The lowest BCUT2D eigenvalue weighted by atomic mass is 10.0. The summed E-state index contributed by atoms with van der Waals surface area (Å²) in [4.78, 5) is 10.5. The van der Waals surface area contributed by atoms with Gasteiger partial charge in [-0.15, -0.1) is 0 Å². The number of rotatable bonds is 5. The molecular weight excluding hydrogens is 795 g/mol. The van der Waals surface area contributed by atoms with E-state index in [2.05, 4.69) is 173 Å². The highest BCUT2D eigenvalue weighted by Gasteiger charge is 2.23. The predicted octanol–water partition coefficient (Wildman–Crippen LogP) is 15.0. The van der Waals surface area contributed by atoms with Crippen molar-refractivity contribution in [3.05, 3.63) is 229 Å². The quantitative estimate of drug-likeness (QED) is 0.136. The van der Waals surface area contributed by atoms with E-state index in [0.717, 1.165) is 82.7 Å². The summed E-state index contributed by atoms with van der Waals surface area (Å²) < 4.78 is 11.5. The Morgan fingerprint density at radius 3 is 1.95 bits per heavy atom. The lowest BCUT2D eigenvalue weighted by Crippen LogP contribution is -2.06. The van der Waals surface area contributed by atoms with E-state index in [1.807, 2.05) is 54.7 Å². The first-order chi connectivity index (χ1) is 32.2. The lowest BCUT2D eigenvalue weighted by Gasteiger charge is -2.13. The highest BCUT2D eigenvalue weighted by Crippen LogP contribution is 2.42. The number of hydrogen-bond donors (Lipinski definition) is 1. The van der Waals surface area contributed by atoms with Crippen LogP contribution in [0.3, 0.4) is 0 Å². The van der Waals surface area contributed by atoms with E-state index in [1.165, 1.54) is 26.9 Å². The van der Waals surface area contributed by atoms with Gasteiger partial charge in [0.1, 0.15) is 11.2 Å². The van der Waals surface area contributed by atoms with Gasteiger partial charge >= 0.3 is 0 Å². The van der Waals surface area contributed by atoms with Crippen molar-refractivity contribution in [2.45, 2.75) is 0 Å². The molecule has 0 unspecified atom stereocenters. The van der Waals surface area contributed by atoms with Crippen LogP contribution in [0.15, 0.2) is 227 Å². The minimum absolute atomic E-state index is 0.116. The number of fused-ring (bicyclic) bond motifs is 12. The van der Waals surface area contributed by atoms with Crippen LogP contribution < -0.4 is 0 Å². The fraction of sp³-hybridized carbons (Fsp3) is 0. The molecule has 0 spiro atoms. The lowest BCUT2D eigenvalue weighted by molar-refractivity contribution is 0.668. The Balaban J connectivity index is 1.12. The van der Waals surface area contributed by atoms with Crippen LogP contribution in [0.25, 0.3) is 98.5 Å². The fourth-order valence-corrected chi connectivity index (χ4v) is 9.96. The van der Waals surface area contributed by atoms with Crippen LogP contribution in [0.4, 0.5) is 0 Å². The molecule has 0 saturated heterocycles. The Hall–Kier alpha value is -8.87. The van der Waals surface area contributed by atoms with Crippen molar-refractivity contribution >= 4 is 105 Å². The molecule has 6 nitrogen and oxygen atoms in total. The van der Waals surface area contributed by atoms with Crippen LogP contribution in [0, 0.1) is 5.41 Å². The maximum Gasteiger partial charge on any atom is 0.162 e. The zero-order valence-corrected chi connectivity index (χ0v) is 35.0. The monoisotopic (exact) mass is 831 g/mol. The van der Waals surface area contributed by atoms with Crippen LogP contribution in [0.5, 0.6) is 0 Å². The van der Waals surface area contributed by atoms with Gasteiger partial charge in [-0.05, 0) is 82.2 Å². The van der Waals surface area contributed by atoms with Crippen LogP contribution >= 0.6 is 0 Å². The second-order valence-corrected chi connectivity index (χ2v) is 16.5. The van der Waals surface area contributed by atoms with Crippen LogP contribution in [0.1, 0.15) is 16.7 Å². The number of furan rings is 1. The molecule has 6 heteroatoms. The molecule has 65 heavy (non-hydrogen) atoms. The summed E-state index contributed by atoms with van der Waals surface area (Å²) in [5.74, 6) is 0.531. The molecule has 0 aliphatic rings. The number of amidine groups is 2. The molecule has 13 rings (SSSR count). The van der Waals surface area contributed by atoms with E-state index in [0.29, 0.717) is 11.4 Å². The van der Waals surface area contributed by atoms with E-state index in [4.69, 9.17) is 14.4 Å². The minimum atomic E-state index is 0.116. The number of nitrogens with zero attached hydrogens (tertiary/aromatic N) is 4. The van der Waals surface area contributed by atoms with Gasteiger partial charge in [-0.25, -0.2) is 9.98 Å². The Morgan fingerprint density at radius 2 is 1.12 bits per heavy atom. The smallest absolute Gasteiger partial charge is 0.162 e. The van der Waals surface area contributed by atoms with Gasteiger partial charge in [0.05, 0.1) is 33.3 Å². The third-order valence-electron chi connectivity index (χ3n) is 12.9. The van der Waals surface area contributed by atoms with Crippen LogP contribution in [-0.2, 0) is 0 Å². The number of para-hydroxylation sites is 3. The van der Waals surface area contributed by atoms with E-state index in [1.54, 1.807) is 0 Å². The zero-order chi connectivity index (χ0) is 43.0. The van der Waals surface area contributed by atoms with Gasteiger partial charge in [0.15, 0.2) is 11.7 Å². The van der Waals surface area contributed by atoms with Gasteiger partial charge in [-0.3, -0.25) is 5.41 Å². The topological polar surface area (TPSA) is 71.6 Å². The first-order valence-electron chi connectivity index (χ1n) is 21.8. The standard InChI is InChI=1S/C59H37N5O/c60-58(38-17-3-1-4-18-38)62-59(46-26-15-28-51-56(46)45-25-11-13-27-49(45)63(51)41-21-5-2-6-22-41)61-36-48-50(33-31-44-43-24-12-14-29-54(43)65-57(44)48)64-52-32-30-37-16-9-10-23-42(37)55(52)47-34-39-19-7-8-20-40(39)35-53(47)64/h1-36,60H. The Kier molecular flexibility index (Phi) is 8.26. The summed E-state index contributed by atoms with van der Waals surface area (Å²) in [5.41, 5.74) is 10.1. The summed E-state index contributed by atoms with van der Waals surface area (Å²) in [6.45, 7) is 0. The van der Waals surface area contributed by atoms with Crippen molar-refractivity contribution in [2.24, 2.45) is 9.98 Å². The molecule has 10 aromatic carbocycles. The third kappa shape index (κ3) is 5.78. The van der Waals surface area contributed by atoms with Crippen LogP contribution in [0.2, 0.25) is 0 Å². The third-order valence-corrected chi connectivity index (χ3v) is 12.9. The van der Waals surface area contributed by atoms with Gasteiger partial charge < -0.3 is 13.6 Å². The van der Waals surface area contributed by atoms with Gasteiger partial charge in [0.25, 0.3) is 0 Å². The van der Waals surface area contributed by atoms with Gasteiger partial charge in [-0.2, -0.15) is 0 Å². The molecular formula is C59H37N5O. The SMILES string of the molecule is N=C(N=C(N=Cc1c(-n2c3cc4ccccc4cc3c3c4ccccc4ccc32)ccc2c1oc1ccccc12)c1cccc2c1c1ccccc1n2-c1ccccc1)c1ccccc1. The molecule has 0 saturated carbocycles.